The highest BCUT2D eigenvalue weighted by Gasteiger charge is 2.30. The third-order valence-corrected chi connectivity index (χ3v) is 5.46. The van der Waals surface area contributed by atoms with E-state index in [1.54, 1.807) is 14.2 Å². The van der Waals surface area contributed by atoms with Gasteiger partial charge in [-0.1, -0.05) is 18.2 Å². The standard InChI is InChI=1S/C23H29NO5/c1-4-29-20-9-8-18(15-21(20)28-3)22(17-6-5-7-19(14-17)27-2)24-12-10-16(11-13-24)23(25)26/h5-9,14-16,22H,4,10-13H2,1-3H3,(H,25,26). The minimum atomic E-state index is -0.703. The molecule has 2 aromatic rings. The van der Waals surface area contributed by atoms with Gasteiger partial charge in [0.15, 0.2) is 11.5 Å². The number of likely N-dealkylation sites (tertiary alicyclic amines) is 1. The molecule has 0 aliphatic carbocycles. The zero-order valence-corrected chi connectivity index (χ0v) is 17.3. The summed E-state index contributed by atoms with van der Waals surface area (Å²) < 4.78 is 16.7. The Hall–Kier alpha value is -2.73. The van der Waals surface area contributed by atoms with E-state index in [1.165, 1.54) is 0 Å². The number of aliphatic carboxylic acids is 1. The van der Waals surface area contributed by atoms with Gasteiger partial charge in [0.2, 0.25) is 0 Å². The Bertz CT molecular complexity index is 830. The van der Waals surface area contributed by atoms with Gasteiger partial charge in [0.25, 0.3) is 0 Å². The zero-order valence-electron chi connectivity index (χ0n) is 17.3. The molecule has 1 fully saturated rings. The maximum absolute atomic E-state index is 11.4. The number of rotatable bonds is 8. The smallest absolute Gasteiger partial charge is 0.306 e. The Kier molecular flexibility index (Phi) is 6.99. The number of methoxy groups -OCH3 is 2. The molecule has 6 heteroatoms. The molecule has 6 nitrogen and oxygen atoms in total. The van der Waals surface area contributed by atoms with E-state index in [4.69, 9.17) is 14.2 Å². The van der Waals surface area contributed by atoms with Gasteiger partial charge < -0.3 is 19.3 Å². The van der Waals surface area contributed by atoms with Crippen LogP contribution in [-0.4, -0.2) is 49.9 Å². The van der Waals surface area contributed by atoms with Crippen LogP contribution < -0.4 is 14.2 Å². The fourth-order valence-electron chi connectivity index (χ4n) is 3.96. The summed E-state index contributed by atoms with van der Waals surface area (Å²) in [5.41, 5.74) is 2.18. The van der Waals surface area contributed by atoms with E-state index >= 15 is 0 Å². The summed E-state index contributed by atoms with van der Waals surface area (Å²) in [6.07, 6.45) is 1.29. The Labute approximate surface area is 172 Å². The van der Waals surface area contributed by atoms with Crippen molar-refractivity contribution in [2.45, 2.75) is 25.8 Å². The molecular weight excluding hydrogens is 370 g/mol. The quantitative estimate of drug-likeness (QED) is 0.724. The summed E-state index contributed by atoms with van der Waals surface area (Å²) in [6, 6.07) is 14.0. The molecule has 156 valence electrons. The van der Waals surface area contributed by atoms with Crippen molar-refractivity contribution in [1.29, 1.82) is 0 Å². The Morgan fingerprint density at radius 3 is 2.41 bits per heavy atom. The average Bonchev–Trinajstić information content (AvgIpc) is 2.75. The third kappa shape index (κ3) is 4.82. The first-order chi connectivity index (χ1) is 14.1. The maximum atomic E-state index is 11.4. The van der Waals surface area contributed by atoms with Crippen molar-refractivity contribution < 1.29 is 24.1 Å². The van der Waals surface area contributed by atoms with Crippen LogP contribution >= 0.6 is 0 Å². The van der Waals surface area contributed by atoms with E-state index in [9.17, 15) is 9.90 Å². The number of hydrogen-bond donors (Lipinski definition) is 1. The second kappa shape index (κ2) is 9.65. The van der Waals surface area contributed by atoms with Gasteiger partial charge in [-0.25, -0.2) is 0 Å². The predicted octanol–water partition coefficient (Wildman–Crippen LogP) is 3.99. The van der Waals surface area contributed by atoms with Crippen LogP contribution in [0.4, 0.5) is 0 Å². The molecule has 1 aliphatic rings. The molecule has 1 heterocycles. The molecule has 3 rings (SSSR count). The second-order valence-electron chi connectivity index (χ2n) is 7.17. The van der Waals surface area contributed by atoms with Crippen molar-refractivity contribution in [3.8, 4) is 17.2 Å². The molecule has 29 heavy (non-hydrogen) atoms. The van der Waals surface area contributed by atoms with Gasteiger partial charge >= 0.3 is 5.97 Å². The van der Waals surface area contributed by atoms with Crippen LogP contribution in [0.25, 0.3) is 0 Å². The number of piperidine rings is 1. The van der Waals surface area contributed by atoms with Crippen LogP contribution in [0.2, 0.25) is 0 Å². The predicted molar refractivity (Wildman–Crippen MR) is 111 cm³/mol. The molecule has 1 atom stereocenters. The third-order valence-electron chi connectivity index (χ3n) is 5.46. The highest BCUT2D eigenvalue weighted by molar-refractivity contribution is 5.70. The normalized spacial score (nSPS) is 16.2. The lowest BCUT2D eigenvalue weighted by Gasteiger charge is -2.37. The number of carboxylic acids is 1. The van der Waals surface area contributed by atoms with Gasteiger partial charge in [-0.05, 0) is 68.2 Å². The van der Waals surface area contributed by atoms with E-state index < -0.39 is 5.97 Å². The number of carbonyl (C=O) groups is 1. The molecular formula is C23H29NO5. The fraction of sp³-hybridized carbons (Fsp3) is 0.435. The first-order valence-corrected chi connectivity index (χ1v) is 9.98. The lowest BCUT2D eigenvalue weighted by molar-refractivity contribution is -0.143. The van der Waals surface area contributed by atoms with E-state index in [1.807, 2.05) is 37.3 Å². The molecule has 0 spiro atoms. The minimum absolute atomic E-state index is 0.0237. The summed E-state index contributed by atoms with van der Waals surface area (Å²) >= 11 is 0. The summed E-state index contributed by atoms with van der Waals surface area (Å²) in [5, 5.41) is 9.35. The number of benzene rings is 2. The van der Waals surface area contributed by atoms with Gasteiger partial charge in [0.1, 0.15) is 5.75 Å². The zero-order chi connectivity index (χ0) is 20.8. The van der Waals surface area contributed by atoms with Crippen molar-refractivity contribution in [2.75, 3.05) is 33.9 Å². The number of hydrogen-bond acceptors (Lipinski definition) is 5. The second-order valence-corrected chi connectivity index (χ2v) is 7.17. The Morgan fingerprint density at radius 1 is 1.07 bits per heavy atom. The van der Waals surface area contributed by atoms with Crippen molar-refractivity contribution in [2.24, 2.45) is 5.92 Å². The molecule has 1 aliphatic heterocycles. The van der Waals surface area contributed by atoms with Crippen molar-refractivity contribution in [1.82, 2.24) is 4.90 Å². The van der Waals surface area contributed by atoms with E-state index in [0.717, 1.165) is 16.9 Å². The molecule has 1 unspecified atom stereocenters. The molecule has 1 saturated heterocycles. The van der Waals surface area contributed by atoms with Gasteiger partial charge in [-0.3, -0.25) is 9.69 Å². The van der Waals surface area contributed by atoms with Gasteiger partial charge in [0, 0.05) is 0 Å². The first-order valence-electron chi connectivity index (χ1n) is 9.98. The molecule has 0 saturated carbocycles. The average molecular weight is 399 g/mol. The minimum Gasteiger partial charge on any atom is -0.497 e. The van der Waals surface area contributed by atoms with Gasteiger partial charge in [-0.2, -0.15) is 0 Å². The highest BCUT2D eigenvalue weighted by Crippen LogP contribution is 2.38. The maximum Gasteiger partial charge on any atom is 0.306 e. The SMILES string of the molecule is CCOc1ccc(C(c2cccc(OC)c2)N2CCC(C(=O)O)CC2)cc1OC. The Morgan fingerprint density at radius 2 is 1.79 bits per heavy atom. The Balaban J connectivity index is 1.98. The van der Waals surface area contributed by atoms with Crippen LogP contribution in [0.15, 0.2) is 42.5 Å². The fourth-order valence-corrected chi connectivity index (χ4v) is 3.96. The van der Waals surface area contributed by atoms with Crippen LogP contribution in [0, 0.1) is 5.92 Å². The monoisotopic (exact) mass is 399 g/mol. The van der Waals surface area contributed by atoms with Crippen LogP contribution in [0.1, 0.15) is 36.9 Å². The van der Waals surface area contributed by atoms with Gasteiger partial charge in [-0.15, -0.1) is 0 Å². The highest BCUT2D eigenvalue weighted by atomic mass is 16.5. The number of nitrogens with zero attached hydrogens (tertiary/aromatic N) is 1. The lowest BCUT2D eigenvalue weighted by atomic mass is 9.91. The van der Waals surface area contributed by atoms with Crippen molar-refractivity contribution in [3.05, 3.63) is 53.6 Å². The van der Waals surface area contributed by atoms with Crippen LogP contribution in [0.5, 0.6) is 17.2 Å². The lowest BCUT2D eigenvalue weighted by Crippen LogP contribution is -2.39. The first kappa shape index (κ1) is 21.0. The molecule has 0 radical (unpaired) electrons. The van der Waals surface area contributed by atoms with Crippen LogP contribution in [-0.2, 0) is 4.79 Å². The van der Waals surface area contributed by atoms with E-state index in [0.29, 0.717) is 44.0 Å². The molecule has 0 amide bonds. The summed E-state index contributed by atoms with van der Waals surface area (Å²) in [5.74, 6) is 1.23. The summed E-state index contributed by atoms with van der Waals surface area (Å²) in [6.45, 7) is 3.94. The number of carboxylic acid groups (broad SMARTS) is 1. The topological polar surface area (TPSA) is 68.2 Å². The van der Waals surface area contributed by atoms with Crippen LogP contribution in [0.3, 0.4) is 0 Å². The molecule has 0 bridgehead atoms. The van der Waals surface area contributed by atoms with E-state index in [2.05, 4.69) is 17.0 Å². The number of ether oxygens (including phenoxy) is 3. The molecule has 0 aromatic heterocycles. The largest absolute Gasteiger partial charge is 0.497 e. The summed E-state index contributed by atoms with van der Waals surface area (Å²) in [7, 11) is 3.30. The van der Waals surface area contributed by atoms with Crippen molar-refractivity contribution in [3.63, 3.8) is 0 Å². The van der Waals surface area contributed by atoms with Gasteiger partial charge in [0.05, 0.1) is 32.8 Å². The van der Waals surface area contributed by atoms with Crippen molar-refractivity contribution >= 4 is 5.97 Å². The molecule has 1 N–H and O–H groups in total. The van der Waals surface area contributed by atoms with E-state index in [-0.39, 0.29) is 12.0 Å². The summed E-state index contributed by atoms with van der Waals surface area (Å²) in [4.78, 5) is 13.7. The molecule has 2 aromatic carbocycles.